The van der Waals surface area contributed by atoms with E-state index in [1.165, 1.54) is 25.7 Å². The fourth-order valence-corrected chi connectivity index (χ4v) is 3.13. The lowest BCUT2D eigenvalue weighted by Crippen LogP contribution is -2.23. The molecule has 0 aromatic rings. The lowest BCUT2D eigenvalue weighted by Gasteiger charge is -2.26. The van der Waals surface area contributed by atoms with Crippen molar-refractivity contribution in [1.29, 1.82) is 0 Å². The van der Waals surface area contributed by atoms with E-state index in [-0.39, 0.29) is 0 Å². The Kier molecular flexibility index (Phi) is 3.79. The molecule has 0 radical (unpaired) electrons. The Morgan fingerprint density at radius 2 is 2.20 bits per heavy atom. The van der Waals surface area contributed by atoms with E-state index >= 15 is 0 Å². The molecule has 2 heteroatoms. The van der Waals surface area contributed by atoms with Crippen molar-refractivity contribution in [2.24, 2.45) is 17.8 Å². The molecule has 2 nitrogen and oxygen atoms in total. The maximum absolute atomic E-state index is 12.0. The lowest BCUT2D eigenvalue weighted by atomic mass is 9.79. The molecule has 2 rings (SSSR count). The minimum atomic E-state index is 0.335. The molecule has 0 bridgehead atoms. The maximum Gasteiger partial charge on any atom is 0.137 e. The molecule has 1 N–H and O–H groups in total. The normalized spacial score (nSPS) is 36.7. The average Bonchev–Trinajstić information content (AvgIpc) is 2.70. The van der Waals surface area contributed by atoms with Crippen LogP contribution in [0.1, 0.15) is 45.4 Å². The summed E-state index contributed by atoms with van der Waals surface area (Å²) < 4.78 is 0. The minimum absolute atomic E-state index is 0.335. The summed E-state index contributed by atoms with van der Waals surface area (Å²) in [5.74, 6) is 2.40. The van der Waals surface area contributed by atoms with Gasteiger partial charge in [0.05, 0.1) is 0 Å². The van der Waals surface area contributed by atoms with Crippen LogP contribution in [0.5, 0.6) is 0 Å². The van der Waals surface area contributed by atoms with Crippen molar-refractivity contribution < 1.29 is 4.79 Å². The molecular formula is C13H23NO. The Morgan fingerprint density at radius 3 is 2.87 bits per heavy atom. The van der Waals surface area contributed by atoms with Crippen molar-refractivity contribution in [2.75, 3.05) is 13.1 Å². The van der Waals surface area contributed by atoms with Crippen LogP contribution in [0.2, 0.25) is 0 Å². The van der Waals surface area contributed by atoms with E-state index in [4.69, 9.17) is 0 Å². The van der Waals surface area contributed by atoms with Gasteiger partial charge in [0.15, 0.2) is 0 Å². The predicted octanol–water partition coefficient (Wildman–Crippen LogP) is 2.38. The molecule has 15 heavy (non-hydrogen) atoms. The Morgan fingerprint density at radius 1 is 1.33 bits per heavy atom. The van der Waals surface area contributed by atoms with Gasteiger partial charge in [-0.1, -0.05) is 26.2 Å². The van der Waals surface area contributed by atoms with Gasteiger partial charge in [-0.2, -0.15) is 0 Å². The van der Waals surface area contributed by atoms with Gasteiger partial charge in [-0.05, 0) is 31.2 Å². The molecule has 1 aliphatic heterocycles. The zero-order chi connectivity index (χ0) is 10.7. The van der Waals surface area contributed by atoms with Crippen LogP contribution in [0.3, 0.4) is 0 Å². The van der Waals surface area contributed by atoms with Crippen molar-refractivity contribution in [2.45, 2.75) is 45.4 Å². The van der Waals surface area contributed by atoms with E-state index in [2.05, 4.69) is 12.2 Å². The van der Waals surface area contributed by atoms with Gasteiger partial charge in [0, 0.05) is 18.9 Å². The molecule has 86 valence electrons. The number of ketones is 1. The van der Waals surface area contributed by atoms with Crippen LogP contribution in [-0.2, 0) is 4.79 Å². The second-order valence-corrected chi connectivity index (χ2v) is 5.50. The molecule has 2 fully saturated rings. The second kappa shape index (κ2) is 5.11. The van der Waals surface area contributed by atoms with Crippen molar-refractivity contribution in [3.8, 4) is 0 Å². The van der Waals surface area contributed by atoms with Crippen molar-refractivity contribution in [1.82, 2.24) is 5.32 Å². The van der Waals surface area contributed by atoms with Crippen molar-refractivity contribution in [3.63, 3.8) is 0 Å². The first-order valence-corrected chi connectivity index (χ1v) is 6.49. The topological polar surface area (TPSA) is 29.1 Å². The number of rotatable bonds is 3. The van der Waals surface area contributed by atoms with Crippen molar-refractivity contribution >= 4 is 5.78 Å². The second-order valence-electron chi connectivity index (χ2n) is 5.50. The molecule has 3 unspecified atom stereocenters. The summed E-state index contributed by atoms with van der Waals surface area (Å²) in [5, 5.41) is 3.28. The quantitative estimate of drug-likeness (QED) is 0.773. The Balaban J connectivity index is 1.77. The smallest absolute Gasteiger partial charge is 0.137 e. The summed E-state index contributed by atoms with van der Waals surface area (Å²) in [7, 11) is 0. The Hall–Kier alpha value is -0.370. The van der Waals surface area contributed by atoms with E-state index in [1.807, 2.05) is 0 Å². The highest BCUT2D eigenvalue weighted by atomic mass is 16.1. The zero-order valence-electron chi connectivity index (χ0n) is 9.80. The molecule has 1 aliphatic carbocycles. The van der Waals surface area contributed by atoms with Gasteiger partial charge in [-0.15, -0.1) is 0 Å². The summed E-state index contributed by atoms with van der Waals surface area (Å²) >= 11 is 0. The summed E-state index contributed by atoms with van der Waals surface area (Å²) in [6.07, 6.45) is 7.21. The largest absolute Gasteiger partial charge is 0.316 e. The molecule has 0 spiro atoms. The minimum Gasteiger partial charge on any atom is -0.316 e. The molecule has 1 heterocycles. The molecule has 0 aromatic carbocycles. The number of hydrogen-bond acceptors (Lipinski definition) is 2. The third-order valence-electron chi connectivity index (χ3n) is 4.05. The van der Waals surface area contributed by atoms with E-state index in [0.29, 0.717) is 17.6 Å². The van der Waals surface area contributed by atoms with E-state index < -0.39 is 0 Å². The monoisotopic (exact) mass is 209 g/mol. The lowest BCUT2D eigenvalue weighted by molar-refractivity contribution is -0.123. The van der Waals surface area contributed by atoms with E-state index in [0.717, 1.165) is 31.8 Å². The number of carbonyl (C=O) groups excluding carboxylic acids is 1. The van der Waals surface area contributed by atoms with Gasteiger partial charge in [-0.25, -0.2) is 0 Å². The standard InChI is InChI=1S/C13H23NO/c1-10-3-2-4-11(7-10)8-13(15)12-5-6-14-9-12/h10-12,14H,2-9H2,1H3. The van der Waals surface area contributed by atoms with Crippen LogP contribution in [0.4, 0.5) is 0 Å². The Labute approximate surface area is 92.8 Å². The first-order valence-electron chi connectivity index (χ1n) is 6.49. The molecule has 2 aliphatic rings. The highest BCUT2D eigenvalue weighted by molar-refractivity contribution is 5.81. The first kappa shape index (κ1) is 11.1. The van der Waals surface area contributed by atoms with Gasteiger partial charge >= 0.3 is 0 Å². The molecule has 0 aromatic heterocycles. The summed E-state index contributed by atoms with van der Waals surface area (Å²) in [6, 6.07) is 0. The highest BCUT2D eigenvalue weighted by Crippen LogP contribution is 2.31. The number of nitrogens with one attached hydrogen (secondary N) is 1. The van der Waals surface area contributed by atoms with E-state index in [9.17, 15) is 4.79 Å². The highest BCUT2D eigenvalue weighted by Gasteiger charge is 2.27. The third-order valence-corrected chi connectivity index (χ3v) is 4.05. The Bertz CT molecular complexity index is 221. The van der Waals surface area contributed by atoms with Gasteiger partial charge in [-0.3, -0.25) is 4.79 Å². The maximum atomic E-state index is 12.0. The number of Topliss-reactive ketones (excluding diaryl/α,β-unsaturated/α-hetero) is 1. The summed E-state index contributed by atoms with van der Waals surface area (Å²) in [5.41, 5.74) is 0. The van der Waals surface area contributed by atoms with Crippen LogP contribution in [0, 0.1) is 17.8 Å². The zero-order valence-corrected chi connectivity index (χ0v) is 9.80. The average molecular weight is 209 g/mol. The van der Waals surface area contributed by atoms with Gasteiger partial charge in [0.25, 0.3) is 0 Å². The van der Waals surface area contributed by atoms with E-state index in [1.54, 1.807) is 0 Å². The fraction of sp³-hybridized carbons (Fsp3) is 0.923. The predicted molar refractivity (Wildman–Crippen MR) is 61.7 cm³/mol. The van der Waals surface area contributed by atoms with Crippen molar-refractivity contribution in [3.05, 3.63) is 0 Å². The molecule has 0 amide bonds. The van der Waals surface area contributed by atoms with Crippen LogP contribution >= 0.6 is 0 Å². The number of carbonyl (C=O) groups is 1. The van der Waals surface area contributed by atoms with Crippen LogP contribution in [-0.4, -0.2) is 18.9 Å². The SMILES string of the molecule is CC1CCCC(CC(=O)C2CCNC2)C1. The van der Waals surface area contributed by atoms with Gasteiger partial charge in [0.2, 0.25) is 0 Å². The van der Waals surface area contributed by atoms with Gasteiger partial charge < -0.3 is 5.32 Å². The molecule has 1 saturated heterocycles. The molecule has 1 saturated carbocycles. The number of hydrogen-bond donors (Lipinski definition) is 1. The summed E-state index contributed by atoms with van der Waals surface area (Å²) in [6.45, 7) is 4.30. The molecule has 3 atom stereocenters. The van der Waals surface area contributed by atoms with Crippen LogP contribution < -0.4 is 5.32 Å². The summed E-state index contributed by atoms with van der Waals surface area (Å²) in [4.78, 5) is 12.0. The third kappa shape index (κ3) is 3.04. The van der Waals surface area contributed by atoms with Crippen LogP contribution in [0.25, 0.3) is 0 Å². The molecular weight excluding hydrogens is 186 g/mol. The first-order chi connectivity index (χ1) is 7.25. The fourth-order valence-electron chi connectivity index (χ4n) is 3.13. The van der Waals surface area contributed by atoms with Crippen LogP contribution in [0.15, 0.2) is 0 Å². The van der Waals surface area contributed by atoms with Gasteiger partial charge in [0.1, 0.15) is 5.78 Å².